The molecule has 1 amide bonds. The molecule has 0 bridgehead atoms. The number of nitrogens with zero attached hydrogens (tertiary/aromatic N) is 2. The van der Waals surface area contributed by atoms with Crippen LogP contribution in [0.4, 0.5) is 11.5 Å². The number of aromatic nitrogens is 1. The molecule has 0 fully saturated rings. The minimum absolute atomic E-state index is 0.124. The number of amides is 1. The van der Waals surface area contributed by atoms with Crippen LogP contribution in [0, 0.1) is 3.57 Å². The van der Waals surface area contributed by atoms with Crippen LogP contribution in [0.1, 0.15) is 10.4 Å². The number of carbonyl (C=O) groups is 1. The zero-order chi connectivity index (χ0) is 13.8. The fourth-order valence-corrected chi connectivity index (χ4v) is 2.32. The van der Waals surface area contributed by atoms with Gasteiger partial charge in [0, 0.05) is 23.9 Å². The first-order chi connectivity index (χ1) is 9.09. The average molecular weight is 367 g/mol. The standard InChI is InChI=1S/C14H14IN3O/c1-18(2)13-12(8-5-9-16-13)17-14(19)10-6-3-4-7-11(10)15/h3-9H,1-2H3,(H,17,19). The Labute approximate surface area is 126 Å². The number of hydrogen-bond donors (Lipinski definition) is 1. The molecule has 1 heterocycles. The first kappa shape index (κ1) is 13.8. The van der Waals surface area contributed by atoms with Crippen LogP contribution in [0.25, 0.3) is 0 Å². The van der Waals surface area contributed by atoms with Crippen LogP contribution in [0.2, 0.25) is 0 Å². The number of nitrogens with one attached hydrogen (secondary N) is 1. The summed E-state index contributed by atoms with van der Waals surface area (Å²) >= 11 is 2.15. The van der Waals surface area contributed by atoms with Crippen LogP contribution in [-0.2, 0) is 0 Å². The molecule has 0 spiro atoms. The molecule has 1 aromatic carbocycles. The lowest BCUT2D eigenvalue weighted by Gasteiger charge is -2.16. The lowest BCUT2D eigenvalue weighted by atomic mass is 10.2. The summed E-state index contributed by atoms with van der Waals surface area (Å²) in [4.78, 5) is 18.4. The van der Waals surface area contributed by atoms with Gasteiger partial charge in [-0.05, 0) is 46.9 Å². The number of pyridine rings is 1. The first-order valence-electron chi connectivity index (χ1n) is 5.78. The van der Waals surface area contributed by atoms with Gasteiger partial charge in [-0.15, -0.1) is 0 Å². The molecule has 19 heavy (non-hydrogen) atoms. The SMILES string of the molecule is CN(C)c1ncccc1NC(=O)c1ccccc1I. The number of halogens is 1. The number of rotatable bonds is 3. The second kappa shape index (κ2) is 6.01. The van der Waals surface area contributed by atoms with Crippen molar-refractivity contribution in [2.75, 3.05) is 24.3 Å². The molecule has 0 radical (unpaired) electrons. The maximum Gasteiger partial charge on any atom is 0.256 e. The molecular formula is C14H14IN3O. The summed E-state index contributed by atoms with van der Waals surface area (Å²) in [6.45, 7) is 0. The Morgan fingerprint density at radius 1 is 1.21 bits per heavy atom. The van der Waals surface area contributed by atoms with Crippen molar-refractivity contribution in [1.82, 2.24) is 4.98 Å². The van der Waals surface area contributed by atoms with Crippen LogP contribution in [0.3, 0.4) is 0 Å². The second-order valence-electron chi connectivity index (χ2n) is 4.20. The molecular weight excluding hydrogens is 353 g/mol. The fraction of sp³-hybridized carbons (Fsp3) is 0.143. The van der Waals surface area contributed by atoms with Gasteiger partial charge < -0.3 is 10.2 Å². The predicted octanol–water partition coefficient (Wildman–Crippen LogP) is 3.00. The van der Waals surface area contributed by atoms with Crippen LogP contribution in [0.5, 0.6) is 0 Å². The maximum atomic E-state index is 12.2. The monoisotopic (exact) mass is 367 g/mol. The Bertz CT molecular complexity index is 599. The van der Waals surface area contributed by atoms with Crippen LogP contribution >= 0.6 is 22.6 Å². The highest BCUT2D eigenvalue weighted by molar-refractivity contribution is 14.1. The van der Waals surface area contributed by atoms with E-state index in [1.165, 1.54) is 0 Å². The lowest BCUT2D eigenvalue weighted by molar-refractivity contribution is 0.102. The highest BCUT2D eigenvalue weighted by Crippen LogP contribution is 2.22. The van der Waals surface area contributed by atoms with E-state index in [1.807, 2.05) is 49.3 Å². The summed E-state index contributed by atoms with van der Waals surface area (Å²) in [5.41, 5.74) is 1.37. The summed E-state index contributed by atoms with van der Waals surface area (Å²) in [6.07, 6.45) is 1.71. The molecule has 0 saturated heterocycles. The van der Waals surface area contributed by atoms with E-state index in [1.54, 1.807) is 12.3 Å². The Balaban J connectivity index is 2.27. The van der Waals surface area contributed by atoms with Crippen molar-refractivity contribution in [1.29, 1.82) is 0 Å². The summed E-state index contributed by atoms with van der Waals surface area (Å²) in [6, 6.07) is 11.1. The Kier molecular flexibility index (Phi) is 4.36. The molecule has 98 valence electrons. The highest BCUT2D eigenvalue weighted by Gasteiger charge is 2.12. The van der Waals surface area contributed by atoms with Gasteiger partial charge >= 0.3 is 0 Å². The molecule has 0 saturated carbocycles. The smallest absolute Gasteiger partial charge is 0.256 e. The number of carbonyl (C=O) groups excluding carboxylic acids is 1. The molecule has 1 N–H and O–H groups in total. The third kappa shape index (κ3) is 3.23. The van der Waals surface area contributed by atoms with Gasteiger partial charge in [-0.3, -0.25) is 4.79 Å². The summed E-state index contributed by atoms with van der Waals surface area (Å²) in [5.74, 6) is 0.614. The largest absolute Gasteiger partial charge is 0.361 e. The van der Waals surface area contributed by atoms with E-state index < -0.39 is 0 Å². The van der Waals surface area contributed by atoms with Crippen LogP contribution in [-0.4, -0.2) is 25.0 Å². The molecule has 1 aromatic heterocycles. The molecule has 2 rings (SSSR count). The highest BCUT2D eigenvalue weighted by atomic mass is 127. The van der Waals surface area contributed by atoms with Crippen LogP contribution in [0.15, 0.2) is 42.6 Å². The van der Waals surface area contributed by atoms with Crippen molar-refractivity contribution >= 4 is 40.0 Å². The first-order valence-corrected chi connectivity index (χ1v) is 6.85. The van der Waals surface area contributed by atoms with Crippen molar-refractivity contribution in [3.63, 3.8) is 0 Å². The van der Waals surface area contributed by atoms with Gasteiger partial charge in [0.15, 0.2) is 5.82 Å². The maximum absolute atomic E-state index is 12.2. The van der Waals surface area contributed by atoms with Gasteiger partial charge in [0.1, 0.15) is 0 Å². The minimum atomic E-state index is -0.124. The number of anilines is 2. The Morgan fingerprint density at radius 3 is 2.63 bits per heavy atom. The molecule has 5 heteroatoms. The molecule has 4 nitrogen and oxygen atoms in total. The van der Waals surface area contributed by atoms with E-state index in [4.69, 9.17) is 0 Å². The molecule has 0 aliphatic heterocycles. The quantitative estimate of drug-likeness (QED) is 0.849. The van der Waals surface area contributed by atoms with E-state index in [0.717, 1.165) is 9.39 Å². The molecule has 2 aromatic rings. The van der Waals surface area contributed by atoms with Gasteiger partial charge in [-0.1, -0.05) is 12.1 Å². The normalized spacial score (nSPS) is 10.1. The van der Waals surface area contributed by atoms with Crippen molar-refractivity contribution in [3.05, 3.63) is 51.7 Å². The zero-order valence-corrected chi connectivity index (χ0v) is 12.9. The summed E-state index contributed by atoms with van der Waals surface area (Å²) in [5, 5.41) is 2.90. The van der Waals surface area contributed by atoms with Crippen LogP contribution < -0.4 is 10.2 Å². The molecule has 0 unspecified atom stereocenters. The molecule has 0 aliphatic rings. The summed E-state index contributed by atoms with van der Waals surface area (Å²) < 4.78 is 0.924. The van der Waals surface area contributed by atoms with Gasteiger partial charge in [0.05, 0.1) is 11.3 Å². The fourth-order valence-electron chi connectivity index (χ4n) is 1.69. The lowest BCUT2D eigenvalue weighted by Crippen LogP contribution is -2.18. The molecule has 0 atom stereocenters. The number of hydrogen-bond acceptors (Lipinski definition) is 3. The Morgan fingerprint density at radius 2 is 1.95 bits per heavy atom. The van der Waals surface area contributed by atoms with Gasteiger partial charge in [-0.25, -0.2) is 4.98 Å². The second-order valence-corrected chi connectivity index (χ2v) is 5.37. The summed E-state index contributed by atoms with van der Waals surface area (Å²) in [7, 11) is 3.79. The topological polar surface area (TPSA) is 45.2 Å². The average Bonchev–Trinajstić information content (AvgIpc) is 2.39. The third-order valence-corrected chi connectivity index (χ3v) is 3.52. The van der Waals surface area contributed by atoms with Crippen molar-refractivity contribution in [2.45, 2.75) is 0 Å². The van der Waals surface area contributed by atoms with Gasteiger partial charge in [0.25, 0.3) is 5.91 Å². The van der Waals surface area contributed by atoms with E-state index in [-0.39, 0.29) is 5.91 Å². The van der Waals surface area contributed by atoms with E-state index in [9.17, 15) is 4.79 Å². The molecule has 0 aliphatic carbocycles. The van der Waals surface area contributed by atoms with E-state index >= 15 is 0 Å². The zero-order valence-electron chi connectivity index (χ0n) is 10.7. The van der Waals surface area contributed by atoms with Crippen molar-refractivity contribution in [2.24, 2.45) is 0 Å². The third-order valence-electron chi connectivity index (χ3n) is 2.58. The van der Waals surface area contributed by atoms with Gasteiger partial charge in [0.2, 0.25) is 0 Å². The van der Waals surface area contributed by atoms with E-state index in [0.29, 0.717) is 11.3 Å². The Hall–Kier alpha value is -1.63. The van der Waals surface area contributed by atoms with Crippen molar-refractivity contribution in [3.8, 4) is 0 Å². The minimum Gasteiger partial charge on any atom is -0.361 e. The van der Waals surface area contributed by atoms with Gasteiger partial charge in [-0.2, -0.15) is 0 Å². The predicted molar refractivity (Wildman–Crippen MR) is 85.7 cm³/mol. The number of benzene rings is 1. The van der Waals surface area contributed by atoms with E-state index in [2.05, 4.69) is 32.9 Å². The van der Waals surface area contributed by atoms with Crippen molar-refractivity contribution < 1.29 is 4.79 Å².